The van der Waals surface area contributed by atoms with Gasteiger partial charge in [-0.25, -0.2) is 13.8 Å². The number of rotatable bonds is 2. The van der Waals surface area contributed by atoms with Gasteiger partial charge in [0.2, 0.25) is 0 Å². The fourth-order valence-corrected chi connectivity index (χ4v) is 3.07. The molecule has 2 aromatic rings. The molecule has 20 heavy (non-hydrogen) atoms. The maximum Gasteiger partial charge on any atom is 0.307 e. The number of aliphatic carboxylic acids is 1. The van der Waals surface area contributed by atoms with E-state index in [1.165, 1.54) is 0 Å². The number of fused-ring (bicyclic) bond motifs is 1. The van der Waals surface area contributed by atoms with E-state index in [1.54, 1.807) is 0 Å². The number of hydrogen-bond acceptors (Lipinski definition) is 2. The second-order valence-corrected chi connectivity index (χ2v) is 5.53. The Balaban J connectivity index is 2.03. The van der Waals surface area contributed by atoms with Crippen LogP contribution in [0.3, 0.4) is 0 Å². The Morgan fingerprint density at radius 2 is 2.05 bits per heavy atom. The molecule has 0 saturated heterocycles. The zero-order valence-electron chi connectivity index (χ0n) is 10.9. The summed E-state index contributed by atoms with van der Waals surface area (Å²) in [7, 11) is 0. The van der Waals surface area contributed by atoms with Crippen molar-refractivity contribution >= 4 is 17.0 Å². The van der Waals surface area contributed by atoms with Crippen LogP contribution in [0.1, 0.15) is 31.5 Å². The lowest BCUT2D eigenvalue weighted by molar-refractivity contribution is -0.142. The Hall–Kier alpha value is -1.98. The summed E-state index contributed by atoms with van der Waals surface area (Å²) >= 11 is 0. The number of hydrogen-bond donors (Lipinski definition) is 2. The third-order valence-corrected chi connectivity index (χ3v) is 4.01. The molecule has 1 heterocycles. The van der Waals surface area contributed by atoms with Crippen LogP contribution in [0, 0.1) is 23.5 Å². The third kappa shape index (κ3) is 2.05. The zero-order valence-corrected chi connectivity index (χ0v) is 10.9. The van der Waals surface area contributed by atoms with Crippen molar-refractivity contribution in [2.75, 3.05) is 0 Å². The number of aromatic amines is 1. The standard InChI is InChI=1S/C14H14F2N2O2/c1-6-2-7(8(3-6)14(19)20)13-17-11-4-9(15)10(16)5-12(11)18-13/h4-8H,2-3H2,1H3,(H,17,18)(H,19,20). The van der Waals surface area contributed by atoms with E-state index in [2.05, 4.69) is 9.97 Å². The number of H-pyrrole nitrogens is 1. The molecule has 0 amide bonds. The molecule has 2 N–H and O–H groups in total. The molecule has 1 saturated carbocycles. The highest BCUT2D eigenvalue weighted by molar-refractivity contribution is 5.76. The van der Waals surface area contributed by atoms with Crippen LogP contribution in [-0.2, 0) is 4.79 Å². The first-order valence-electron chi connectivity index (χ1n) is 6.53. The van der Waals surface area contributed by atoms with E-state index in [0.29, 0.717) is 35.6 Å². The minimum atomic E-state index is -0.954. The van der Waals surface area contributed by atoms with E-state index in [4.69, 9.17) is 0 Å². The molecule has 1 fully saturated rings. The average Bonchev–Trinajstić information content (AvgIpc) is 2.93. The van der Waals surface area contributed by atoms with Crippen molar-refractivity contribution in [2.24, 2.45) is 11.8 Å². The molecule has 0 aliphatic heterocycles. The summed E-state index contributed by atoms with van der Waals surface area (Å²) in [6, 6.07) is 2.08. The second-order valence-electron chi connectivity index (χ2n) is 5.53. The van der Waals surface area contributed by atoms with E-state index < -0.39 is 23.5 Å². The van der Waals surface area contributed by atoms with Gasteiger partial charge in [-0.1, -0.05) is 6.92 Å². The number of carboxylic acid groups (broad SMARTS) is 1. The number of aromatic nitrogens is 2. The Bertz CT molecular complexity index is 644. The highest BCUT2D eigenvalue weighted by Crippen LogP contribution is 2.42. The van der Waals surface area contributed by atoms with Crippen molar-refractivity contribution in [3.8, 4) is 0 Å². The van der Waals surface area contributed by atoms with Gasteiger partial charge in [-0.05, 0) is 18.8 Å². The van der Waals surface area contributed by atoms with Gasteiger partial charge in [-0.3, -0.25) is 4.79 Å². The van der Waals surface area contributed by atoms with Crippen LogP contribution in [0.5, 0.6) is 0 Å². The minimum Gasteiger partial charge on any atom is -0.481 e. The quantitative estimate of drug-likeness (QED) is 0.888. The van der Waals surface area contributed by atoms with Gasteiger partial charge < -0.3 is 10.1 Å². The first kappa shape index (κ1) is 13.0. The molecule has 1 aliphatic rings. The molecule has 0 radical (unpaired) electrons. The zero-order chi connectivity index (χ0) is 14.4. The van der Waals surface area contributed by atoms with Crippen molar-refractivity contribution in [3.05, 3.63) is 29.6 Å². The molecular weight excluding hydrogens is 266 g/mol. The highest BCUT2D eigenvalue weighted by atomic mass is 19.2. The fraction of sp³-hybridized carbons (Fsp3) is 0.429. The van der Waals surface area contributed by atoms with Gasteiger partial charge in [0.25, 0.3) is 0 Å². The Morgan fingerprint density at radius 3 is 2.75 bits per heavy atom. The van der Waals surface area contributed by atoms with E-state index in [-0.39, 0.29) is 5.92 Å². The smallest absolute Gasteiger partial charge is 0.307 e. The summed E-state index contributed by atoms with van der Waals surface area (Å²) < 4.78 is 26.4. The van der Waals surface area contributed by atoms with Gasteiger partial charge in [0.05, 0.1) is 17.0 Å². The number of nitrogens with one attached hydrogen (secondary N) is 1. The molecule has 0 spiro atoms. The van der Waals surface area contributed by atoms with Crippen LogP contribution < -0.4 is 0 Å². The summed E-state index contributed by atoms with van der Waals surface area (Å²) in [5.74, 6) is -2.68. The SMILES string of the molecule is CC1CC(C(=O)O)C(c2nc3cc(F)c(F)cc3[nH]2)C1. The highest BCUT2D eigenvalue weighted by Gasteiger charge is 2.39. The van der Waals surface area contributed by atoms with Gasteiger partial charge in [-0.15, -0.1) is 0 Å². The second kappa shape index (κ2) is 4.54. The van der Waals surface area contributed by atoms with Crippen LogP contribution in [0.2, 0.25) is 0 Å². The van der Waals surface area contributed by atoms with E-state index in [0.717, 1.165) is 12.1 Å². The lowest BCUT2D eigenvalue weighted by Gasteiger charge is -2.12. The van der Waals surface area contributed by atoms with Crippen LogP contribution in [0.15, 0.2) is 12.1 Å². The van der Waals surface area contributed by atoms with Gasteiger partial charge in [0, 0.05) is 18.1 Å². The van der Waals surface area contributed by atoms with Crippen molar-refractivity contribution in [2.45, 2.75) is 25.7 Å². The maximum atomic E-state index is 13.2. The largest absolute Gasteiger partial charge is 0.481 e. The topological polar surface area (TPSA) is 66.0 Å². The molecule has 4 nitrogen and oxygen atoms in total. The predicted molar refractivity (Wildman–Crippen MR) is 68.3 cm³/mol. The third-order valence-electron chi connectivity index (χ3n) is 4.01. The molecular formula is C14H14F2N2O2. The maximum absolute atomic E-state index is 13.2. The molecule has 1 aliphatic carbocycles. The molecule has 6 heteroatoms. The van der Waals surface area contributed by atoms with Crippen LogP contribution in [0.25, 0.3) is 11.0 Å². The number of nitrogens with zero attached hydrogens (tertiary/aromatic N) is 1. The Kier molecular flexibility index (Phi) is 2.96. The van der Waals surface area contributed by atoms with Gasteiger partial charge >= 0.3 is 5.97 Å². The molecule has 1 aromatic carbocycles. The number of imidazole rings is 1. The molecule has 0 bridgehead atoms. The summed E-state index contributed by atoms with van der Waals surface area (Å²) in [4.78, 5) is 18.5. The first-order chi connectivity index (χ1) is 9.45. The summed E-state index contributed by atoms with van der Waals surface area (Å²) in [5.41, 5.74) is 0.713. The minimum absolute atomic E-state index is 0.235. The normalized spacial score (nSPS) is 26.2. The van der Waals surface area contributed by atoms with E-state index in [1.807, 2.05) is 6.92 Å². The van der Waals surface area contributed by atoms with E-state index in [9.17, 15) is 18.7 Å². The van der Waals surface area contributed by atoms with Gasteiger partial charge in [-0.2, -0.15) is 0 Å². The average molecular weight is 280 g/mol. The Labute approximate surface area is 113 Å². The van der Waals surface area contributed by atoms with Crippen molar-refractivity contribution in [1.82, 2.24) is 9.97 Å². The molecule has 3 atom stereocenters. The van der Waals surface area contributed by atoms with Crippen molar-refractivity contribution in [3.63, 3.8) is 0 Å². The number of carboxylic acids is 1. The predicted octanol–water partition coefficient (Wildman–Crippen LogP) is 3.06. The molecule has 106 valence electrons. The Morgan fingerprint density at radius 1 is 1.35 bits per heavy atom. The monoisotopic (exact) mass is 280 g/mol. The molecule has 3 unspecified atom stereocenters. The molecule has 3 rings (SSSR count). The van der Waals surface area contributed by atoms with Crippen LogP contribution in [-0.4, -0.2) is 21.0 Å². The van der Waals surface area contributed by atoms with Gasteiger partial charge in [0.15, 0.2) is 11.6 Å². The summed E-state index contributed by atoms with van der Waals surface area (Å²) in [6.07, 6.45) is 1.31. The lowest BCUT2D eigenvalue weighted by atomic mass is 9.96. The first-order valence-corrected chi connectivity index (χ1v) is 6.53. The summed E-state index contributed by atoms with van der Waals surface area (Å²) in [5, 5.41) is 9.26. The van der Waals surface area contributed by atoms with E-state index >= 15 is 0 Å². The van der Waals surface area contributed by atoms with Crippen LogP contribution in [0.4, 0.5) is 8.78 Å². The van der Waals surface area contributed by atoms with Crippen molar-refractivity contribution < 1.29 is 18.7 Å². The summed E-state index contributed by atoms with van der Waals surface area (Å²) in [6.45, 7) is 2.00. The fourth-order valence-electron chi connectivity index (χ4n) is 3.07. The number of benzene rings is 1. The van der Waals surface area contributed by atoms with Gasteiger partial charge in [0.1, 0.15) is 5.82 Å². The van der Waals surface area contributed by atoms with Crippen LogP contribution >= 0.6 is 0 Å². The molecule has 1 aromatic heterocycles. The number of halogens is 2. The lowest BCUT2D eigenvalue weighted by Crippen LogP contribution is -2.17. The number of carbonyl (C=O) groups is 1. The van der Waals surface area contributed by atoms with Crippen molar-refractivity contribution in [1.29, 1.82) is 0 Å².